The van der Waals surface area contributed by atoms with Crippen LogP contribution in [0.2, 0.25) is 0 Å². The van der Waals surface area contributed by atoms with Gasteiger partial charge in [0.2, 0.25) is 5.95 Å². The number of hydrogen-bond donors (Lipinski definition) is 2. The lowest BCUT2D eigenvalue weighted by molar-refractivity contribution is 0.271. The van der Waals surface area contributed by atoms with Crippen LogP contribution in [-0.4, -0.2) is 16.6 Å². The maximum Gasteiger partial charge on any atom is 0.256 e. The van der Waals surface area contributed by atoms with Gasteiger partial charge in [-0.25, -0.2) is 4.98 Å². The third-order valence-corrected chi connectivity index (χ3v) is 4.15. The van der Waals surface area contributed by atoms with E-state index in [0.29, 0.717) is 30.5 Å². The quantitative estimate of drug-likeness (QED) is 0.651. The van der Waals surface area contributed by atoms with E-state index in [2.05, 4.69) is 29.1 Å². The molecule has 3 aromatic rings. The molecule has 0 amide bonds. The highest BCUT2D eigenvalue weighted by Crippen LogP contribution is 2.19. The molecule has 0 aliphatic carbocycles. The fourth-order valence-corrected chi connectivity index (χ4v) is 2.71. The summed E-state index contributed by atoms with van der Waals surface area (Å²) in [7, 11) is 0. The van der Waals surface area contributed by atoms with Crippen molar-refractivity contribution < 1.29 is 4.74 Å². The van der Waals surface area contributed by atoms with E-state index >= 15 is 0 Å². The second-order valence-corrected chi connectivity index (χ2v) is 7.00. The topological polar surface area (TPSA) is 67.0 Å². The number of nitrogens with one attached hydrogen (secondary N) is 2. The molecule has 0 bridgehead atoms. The Morgan fingerprint density at radius 3 is 2.41 bits per heavy atom. The largest absolute Gasteiger partial charge is 0.493 e. The Morgan fingerprint density at radius 2 is 1.78 bits per heavy atom. The molecule has 0 saturated heterocycles. The van der Waals surface area contributed by atoms with Crippen molar-refractivity contribution in [3.63, 3.8) is 0 Å². The van der Waals surface area contributed by atoms with E-state index < -0.39 is 0 Å². The van der Waals surface area contributed by atoms with E-state index in [1.165, 1.54) is 0 Å². The molecule has 0 spiro atoms. The summed E-state index contributed by atoms with van der Waals surface area (Å²) < 4.78 is 5.68. The lowest BCUT2D eigenvalue weighted by atomic mass is 10.1. The molecule has 3 rings (SSSR count). The second-order valence-electron chi connectivity index (χ2n) is 7.00. The summed E-state index contributed by atoms with van der Waals surface area (Å²) in [6, 6.07) is 17.5. The predicted molar refractivity (Wildman–Crippen MR) is 109 cm³/mol. The molecule has 5 heteroatoms. The average molecular weight is 363 g/mol. The van der Waals surface area contributed by atoms with Crippen LogP contribution in [0, 0.1) is 12.8 Å². The fourth-order valence-electron chi connectivity index (χ4n) is 2.71. The highest BCUT2D eigenvalue weighted by Gasteiger charge is 2.09. The average Bonchev–Trinajstić information content (AvgIpc) is 2.65. The molecule has 0 radical (unpaired) electrons. The Kier molecular flexibility index (Phi) is 5.91. The van der Waals surface area contributed by atoms with Crippen molar-refractivity contribution in [2.45, 2.75) is 27.2 Å². The zero-order valence-corrected chi connectivity index (χ0v) is 16.0. The number of aromatic amines is 1. The molecule has 2 aromatic carbocycles. The zero-order valence-electron chi connectivity index (χ0n) is 16.0. The summed E-state index contributed by atoms with van der Waals surface area (Å²) in [5.41, 5.74) is 3.22. The van der Waals surface area contributed by atoms with Crippen LogP contribution in [-0.2, 0) is 6.42 Å². The van der Waals surface area contributed by atoms with Crippen molar-refractivity contribution in [1.29, 1.82) is 0 Å². The number of anilines is 2. The van der Waals surface area contributed by atoms with E-state index in [9.17, 15) is 4.79 Å². The van der Waals surface area contributed by atoms with Gasteiger partial charge in [0, 0.05) is 17.7 Å². The van der Waals surface area contributed by atoms with Gasteiger partial charge in [-0.15, -0.1) is 0 Å². The third kappa shape index (κ3) is 5.20. The van der Waals surface area contributed by atoms with Gasteiger partial charge in [0.05, 0.1) is 12.3 Å². The Balaban J connectivity index is 1.71. The molecular formula is C22H25N3O2. The first-order valence-corrected chi connectivity index (χ1v) is 9.15. The van der Waals surface area contributed by atoms with Gasteiger partial charge in [-0.05, 0) is 42.7 Å². The van der Waals surface area contributed by atoms with Gasteiger partial charge < -0.3 is 10.1 Å². The number of aryl methyl sites for hydroxylation is 1. The summed E-state index contributed by atoms with van der Waals surface area (Å²) in [5.74, 6) is 1.74. The van der Waals surface area contributed by atoms with Crippen LogP contribution in [0.5, 0.6) is 5.75 Å². The van der Waals surface area contributed by atoms with Crippen molar-refractivity contribution in [1.82, 2.24) is 9.97 Å². The molecule has 140 valence electrons. The lowest BCUT2D eigenvalue weighted by Gasteiger charge is -2.11. The normalized spacial score (nSPS) is 10.8. The van der Waals surface area contributed by atoms with E-state index in [1.54, 1.807) is 0 Å². The molecule has 0 fully saturated rings. The fraction of sp³-hybridized carbons (Fsp3) is 0.273. The maximum atomic E-state index is 12.5. The van der Waals surface area contributed by atoms with Crippen LogP contribution < -0.4 is 15.6 Å². The Labute approximate surface area is 159 Å². The molecule has 1 aromatic heterocycles. The van der Waals surface area contributed by atoms with Crippen molar-refractivity contribution in [3.8, 4) is 5.75 Å². The van der Waals surface area contributed by atoms with E-state index in [1.807, 2.05) is 61.5 Å². The van der Waals surface area contributed by atoms with Crippen LogP contribution in [0.3, 0.4) is 0 Å². The number of nitrogens with zero attached hydrogens (tertiary/aromatic N) is 1. The van der Waals surface area contributed by atoms with Crippen molar-refractivity contribution in [2.75, 3.05) is 11.9 Å². The van der Waals surface area contributed by atoms with Crippen molar-refractivity contribution in [2.24, 2.45) is 5.92 Å². The Hall–Kier alpha value is -3.08. The van der Waals surface area contributed by atoms with Gasteiger partial charge in [-0.3, -0.25) is 9.78 Å². The first kappa shape index (κ1) is 18.7. The first-order valence-electron chi connectivity index (χ1n) is 9.15. The number of benzene rings is 2. The minimum Gasteiger partial charge on any atom is -0.493 e. The highest BCUT2D eigenvalue weighted by atomic mass is 16.5. The summed E-state index contributed by atoms with van der Waals surface area (Å²) in [5, 5.41) is 3.15. The van der Waals surface area contributed by atoms with Crippen molar-refractivity contribution in [3.05, 3.63) is 81.8 Å². The van der Waals surface area contributed by atoms with Gasteiger partial charge in [-0.2, -0.15) is 0 Å². The van der Waals surface area contributed by atoms with Crippen LogP contribution in [0.15, 0.2) is 59.4 Å². The van der Waals surface area contributed by atoms with Gasteiger partial charge in [0.15, 0.2) is 0 Å². The Bertz CT molecular complexity index is 932. The number of ether oxygens (including phenoxy) is 1. The van der Waals surface area contributed by atoms with Crippen LogP contribution >= 0.6 is 0 Å². The molecule has 0 aliphatic heterocycles. The molecule has 5 nitrogen and oxygen atoms in total. The third-order valence-electron chi connectivity index (χ3n) is 4.15. The summed E-state index contributed by atoms with van der Waals surface area (Å²) in [6.07, 6.45) is 0.567. The summed E-state index contributed by atoms with van der Waals surface area (Å²) in [4.78, 5) is 19.8. The SMILES string of the molecule is Cc1nc(Nc2ccc(OCC(C)C)cc2)[nH]c(=O)c1Cc1ccccc1. The van der Waals surface area contributed by atoms with Gasteiger partial charge >= 0.3 is 0 Å². The predicted octanol–water partition coefficient (Wildman–Crippen LogP) is 4.45. The first-order chi connectivity index (χ1) is 13.0. The van der Waals surface area contributed by atoms with Crippen molar-refractivity contribution >= 4 is 11.6 Å². The monoisotopic (exact) mass is 363 g/mol. The van der Waals surface area contributed by atoms with E-state index in [4.69, 9.17) is 4.74 Å². The van der Waals surface area contributed by atoms with Gasteiger partial charge in [0.1, 0.15) is 5.75 Å². The number of aromatic nitrogens is 2. The van der Waals surface area contributed by atoms with E-state index in [-0.39, 0.29) is 5.56 Å². The van der Waals surface area contributed by atoms with Gasteiger partial charge in [-0.1, -0.05) is 44.2 Å². The molecular weight excluding hydrogens is 338 g/mol. The van der Waals surface area contributed by atoms with E-state index in [0.717, 1.165) is 22.7 Å². The maximum absolute atomic E-state index is 12.5. The molecule has 0 unspecified atom stereocenters. The molecule has 2 N–H and O–H groups in total. The smallest absolute Gasteiger partial charge is 0.256 e. The zero-order chi connectivity index (χ0) is 19.2. The molecule has 0 aliphatic rings. The highest BCUT2D eigenvalue weighted by molar-refractivity contribution is 5.54. The van der Waals surface area contributed by atoms with Crippen LogP contribution in [0.4, 0.5) is 11.6 Å². The number of rotatable bonds is 7. The number of H-pyrrole nitrogens is 1. The standard InChI is InChI=1S/C22H25N3O2/c1-15(2)14-27-19-11-9-18(10-12-19)24-22-23-16(3)20(21(26)25-22)13-17-7-5-4-6-8-17/h4-12,15H,13-14H2,1-3H3,(H2,23,24,25,26). The number of hydrogen-bond acceptors (Lipinski definition) is 4. The second kappa shape index (κ2) is 8.54. The summed E-state index contributed by atoms with van der Waals surface area (Å²) >= 11 is 0. The molecule has 27 heavy (non-hydrogen) atoms. The van der Waals surface area contributed by atoms with Crippen LogP contribution in [0.1, 0.15) is 30.7 Å². The summed E-state index contributed by atoms with van der Waals surface area (Å²) in [6.45, 7) is 6.77. The minimum atomic E-state index is -0.120. The molecule has 0 saturated carbocycles. The minimum absolute atomic E-state index is 0.120. The van der Waals surface area contributed by atoms with Gasteiger partial charge in [0.25, 0.3) is 5.56 Å². The Morgan fingerprint density at radius 1 is 1.07 bits per heavy atom. The van der Waals surface area contributed by atoms with Crippen LogP contribution in [0.25, 0.3) is 0 Å². The lowest BCUT2D eigenvalue weighted by Crippen LogP contribution is -2.18. The molecule has 0 atom stereocenters. The molecule has 1 heterocycles.